The number of benzene rings is 1. The van der Waals surface area contributed by atoms with E-state index in [0.717, 1.165) is 11.4 Å². The molecule has 6 nitrogen and oxygen atoms in total. The first-order valence-electron chi connectivity index (χ1n) is 7.40. The van der Waals surface area contributed by atoms with E-state index in [2.05, 4.69) is 15.5 Å². The van der Waals surface area contributed by atoms with E-state index >= 15 is 0 Å². The maximum absolute atomic E-state index is 12.1. The molecule has 1 aromatic heterocycles. The third-order valence-corrected chi connectivity index (χ3v) is 3.61. The number of hydrogen-bond donors (Lipinski definition) is 2. The van der Waals surface area contributed by atoms with Crippen molar-refractivity contribution in [2.24, 2.45) is 7.05 Å². The molecule has 0 radical (unpaired) electrons. The molecule has 0 bridgehead atoms. The SMILES string of the molecule is Cc1ccc(C(CCO)NC(=O)CCc2nncn2C)cc1. The minimum atomic E-state index is -0.169. The molecule has 2 N–H and O–H groups in total. The number of amides is 1. The third kappa shape index (κ3) is 4.39. The van der Waals surface area contributed by atoms with Gasteiger partial charge < -0.3 is 15.0 Å². The van der Waals surface area contributed by atoms with E-state index in [4.69, 9.17) is 0 Å². The van der Waals surface area contributed by atoms with Gasteiger partial charge >= 0.3 is 0 Å². The zero-order chi connectivity index (χ0) is 15.9. The zero-order valence-electron chi connectivity index (χ0n) is 13.0. The first-order chi connectivity index (χ1) is 10.6. The summed E-state index contributed by atoms with van der Waals surface area (Å²) < 4.78 is 1.80. The molecule has 0 spiro atoms. The molecule has 118 valence electrons. The van der Waals surface area contributed by atoms with Crippen molar-refractivity contribution in [2.75, 3.05) is 6.61 Å². The average Bonchev–Trinajstić information content (AvgIpc) is 2.91. The number of hydrogen-bond acceptors (Lipinski definition) is 4. The second-order valence-electron chi connectivity index (χ2n) is 5.40. The molecule has 0 saturated heterocycles. The fraction of sp³-hybridized carbons (Fsp3) is 0.438. The van der Waals surface area contributed by atoms with Crippen molar-refractivity contribution in [1.29, 1.82) is 0 Å². The molecule has 0 saturated carbocycles. The lowest BCUT2D eigenvalue weighted by molar-refractivity contribution is -0.121. The van der Waals surface area contributed by atoms with E-state index in [1.165, 1.54) is 5.56 Å². The van der Waals surface area contributed by atoms with Crippen LogP contribution in [0.2, 0.25) is 0 Å². The highest BCUT2D eigenvalue weighted by molar-refractivity contribution is 5.76. The van der Waals surface area contributed by atoms with Crippen molar-refractivity contribution in [3.05, 3.63) is 47.5 Å². The molecule has 1 aromatic carbocycles. The summed E-state index contributed by atoms with van der Waals surface area (Å²) in [7, 11) is 1.86. The van der Waals surface area contributed by atoms with Crippen LogP contribution in [-0.2, 0) is 18.3 Å². The molecule has 1 amide bonds. The summed E-state index contributed by atoms with van der Waals surface area (Å²) in [6.45, 7) is 2.05. The Morgan fingerprint density at radius 1 is 1.36 bits per heavy atom. The number of aromatic nitrogens is 3. The van der Waals surface area contributed by atoms with E-state index in [1.54, 1.807) is 10.9 Å². The van der Waals surface area contributed by atoms with Gasteiger partial charge in [0.25, 0.3) is 0 Å². The third-order valence-electron chi connectivity index (χ3n) is 3.61. The first-order valence-corrected chi connectivity index (χ1v) is 7.40. The van der Waals surface area contributed by atoms with Crippen molar-refractivity contribution in [3.8, 4) is 0 Å². The van der Waals surface area contributed by atoms with Crippen molar-refractivity contribution in [2.45, 2.75) is 32.2 Å². The lowest BCUT2D eigenvalue weighted by Crippen LogP contribution is -2.29. The molecular formula is C16H22N4O2. The Morgan fingerprint density at radius 3 is 2.68 bits per heavy atom. The average molecular weight is 302 g/mol. The Morgan fingerprint density at radius 2 is 2.09 bits per heavy atom. The molecule has 22 heavy (non-hydrogen) atoms. The second kappa shape index (κ2) is 7.70. The molecule has 0 fully saturated rings. The summed E-state index contributed by atoms with van der Waals surface area (Å²) in [5.41, 5.74) is 2.17. The monoisotopic (exact) mass is 302 g/mol. The van der Waals surface area contributed by atoms with Crippen LogP contribution in [0.1, 0.15) is 35.8 Å². The van der Waals surface area contributed by atoms with Crippen LogP contribution in [0.3, 0.4) is 0 Å². The van der Waals surface area contributed by atoms with Crippen LogP contribution in [0.5, 0.6) is 0 Å². The number of rotatable bonds is 7. The van der Waals surface area contributed by atoms with Crippen LogP contribution >= 0.6 is 0 Å². The first kappa shape index (κ1) is 16.2. The zero-order valence-corrected chi connectivity index (χ0v) is 13.0. The Kier molecular flexibility index (Phi) is 5.66. The molecule has 1 heterocycles. The van der Waals surface area contributed by atoms with Crippen LogP contribution in [0, 0.1) is 6.92 Å². The number of aliphatic hydroxyl groups excluding tert-OH is 1. The normalized spacial score (nSPS) is 12.1. The fourth-order valence-electron chi connectivity index (χ4n) is 2.28. The van der Waals surface area contributed by atoms with Crippen LogP contribution in [0.4, 0.5) is 0 Å². The smallest absolute Gasteiger partial charge is 0.220 e. The van der Waals surface area contributed by atoms with Gasteiger partial charge in [0.1, 0.15) is 12.2 Å². The van der Waals surface area contributed by atoms with Crippen molar-refractivity contribution >= 4 is 5.91 Å². The molecule has 1 atom stereocenters. The number of aryl methyl sites for hydroxylation is 3. The highest BCUT2D eigenvalue weighted by Gasteiger charge is 2.14. The maximum atomic E-state index is 12.1. The van der Waals surface area contributed by atoms with Crippen LogP contribution < -0.4 is 5.32 Å². The number of nitrogens with one attached hydrogen (secondary N) is 1. The summed E-state index contributed by atoms with van der Waals surface area (Å²) in [5, 5.41) is 19.9. The summed E-state index contributed by atoms with van der Waals surface area (Å²) in [6, 6.07) is 7.81. The van der Waals surface area contributed by atoms with Gasteiger partial charge in [-0.1, -0.05) is 29.8 Å². The quantitative estimate of drug-likeness (QED) is 0.808. The predicted molar refractivity (Wildman–Crippen MR) is 83.1 cm³/mol. The molecule has 1 unspecified atom stereocenters. The van der Waals surface area contributed by atoms with E-state index in [0.29, 0.717) is 19.3 Å². The number of carbonyl (C=O) groups excluding carboxylic acids is 1. The summed E-state index contributed by atoms with van der Waals surface area (Å²) >= 11 is 0. The van der Waals surface area contributed by atoms with E-state index in [-0.39, 0.29) is 18.6 Å². The molecular weight excluding hydrogens is 280 g/mol. The van der Waals surface area contributed by atoms with Gasteiger partial charge in [-0.05, 0) is 18.9 Å². The fourth-order valence-corrected chi connectivity index (χ4v) is 2.28. The van der Waals surface area contributed by atoms with Gasteiger partial charge in [-0.2, -0.15) is 0 Å². The van der Waals surface area contributed by atoms with Gasteiger partial charge in [-0.25, -0.2) is 0 Å². The Bertz CT molecular complexity index is 607. The molecule has 2 aromatic rings. The number of aliphatic hydroxyl groups is 1. The van der Waals surface area contributed by atoms with Gasteiger partial charge in [0.2, 0.25) is 5.91 Å². The number of carbonyl (C=O) groups is 1. The highest BCUT2D eigenvalue weighted by atomic mass is 16.3. The summed E-state index contributed by atoms with van der Waals surface area (Å²) in [6.07, 6.45) is 3.01. The molecule has 0 aliphatic carbocycles. The van der Waals surface area contributed by atoms with Crippen molar-refractivity contribution < 1.29 is 9.90 Å². The van der Waals surface area contributed by atoms with Gasteiger partial charge in [0.15, 0.2) is 0 Å². The number of nitrogens with zero attached hydrogens (tertiary/aromatic N) is 3. The lowest BCUT2D eigenvalue weighted by atomic mass is 10.0. The van der Waals surface area contributed by atoms with Gasteiger partial charge in [-0.3, -0.25) is 4.79 Å². The highest BCUT2D eigenvalue weighted by Crippen LogP contribution is 2.17. The molecule has 0 aliphatic rings. The summed E-state index contributed by atoms with van der Waals surface area (Å²) in [4.78, 5) is 12.1. The Balaban J connectivity index is 1.94. The van der Waals surface area contributed by atoms with Gasteiger partial charge in [0, 0.05) is 26.5 Å². The summed E-state index contributed by atoms with van der Waals surface area (Å²) in [5.74, 6) is 0.728. The topological polar surface area (TPSA) is 80.0 Å². The Labute approximate surface area is 130 Å². The second-order valence-corrected chi connectivity index (χ2v) is 5.40. The van der Waals surface area contributed by atoms with Gasteiger partial charge in [-0.15, -0.1) is 10.2 Å². The van der Waals surface area contributed by atoms with E-state index in [1.807, 2.05) is 38.2 Å². The van der Waals surface area contributed by atoms with E-state index < -0.39 is 0 Å². The minimum absolute atomic E-state index is 0.0299. The van der Waals surface area contributed by atoms with Crippen molar-refractivity contribution in [1.82, 2.24) is 20.1 Å². The van der Waals surface area contributed by atoms with Crippen LogP contribution in [0.15, 0.2) is 30.6 Å². The van der Waals surface area contributed by atoms with Crippen LogP contribution in [0.25, 0.3) is 0 Å². The van der Waals surface area contributed by atoms with Crippen molar-refractivity contribution in [3.63, 3.8) is 0 Å². The maximum Gasteiger partial charge on any atom is 0.220 e. The van der Waals surface area contributed by atoms with Crippen LogP contribution in [-0.4, -0.2) is 32.4 Å². The molecule has 2 rings (SSSR count). The Hall–Kier alpha value is -2.21. The lowest BCUT2D eigenvalue weighted by Gasteiger charge is -2.18. The largest absolute Gasteiger partial charge is 0.396 e. The predicted octanol–water partition coefficient (Wildman–Crippen LogP) is 1.30. The standard InChI is InChI=1S/C16H22N4O2/c1-12-3-5-13(6-4-12)14(9-10-21)18-16(22)8-7-15-19-17-11-20(15)2/h3-6,11,14,21H,7-10H2,1-2H3,(H,18,22). The van der Waals surface area contributed by atoms with E-state index in [9.17, 15) is 9.90 Å². The molecule has 0 aliphatic heterocycles. The molecule has 6 heteroatoms. The minimum Gasteiger partial charge on any atom is -0.396 e. The van der Waals surface area contributed by atoms with Gasteiger partial charge in [0.05, 0.1) is 6.04 Å².